The van der Waals surface area contributed by atoms with E-state index in [0.29, 0.717) is 5.82 Å². The number of carbonyl (C=O) groups excluding carboxylic acids is 2. The molecule has 0 radical (unpaired) electrons. The van der Waals surface area contributed by atoms with Crippen LogP contribution >= 0.6 is 0 Å². The van der Waals surface area contributed by atoms with Crippen LogP contribution in [0, 0.1) is 0 Å². The fourth-order valence-electron chi connectivity index (χ4n) is 2.15. The molecule has 0 saturated carbocycles. The first-order valence-corrected chi connectivity index (χ1v) is 7.65. The van der Waals surface area contributed by atoms with Crippen LogP contribution in [0.5, 0.6) is 0 Å². The summed E-state index contributed by atoms with van der Waals surface area (Å²) in [4.78, 5) is 24.1. The molecule has 7 nitrogen and oxygen atoms in total. The number of nitrogens with one attached hydrogen (secondary N) is 2. The van der Waals surface area contributed by atoms with E-state index in [1.165, 1.54) is 6.08 Å². The molecule has 0 aliphatic carbocycles. The van der Waals surface area contributed by atoms with Crippen molar-refractivity contribution in [1.82, 2.24) is 25.4 Å². The normalized spacial score (nSPS) is 13.5. The molecule has 0 spiro atoms. The van der Waals surface area contributed by atoms with E-state index in [-0.39, 0.29) is 17.9 Å². The van der Waals surface area contributed by atoms with Gasteiger partial charge in [-0.2, -0.15) is 0 Å². The Kier molecular flexibility index (Phi) is 5.83. The molecule has 0 saturated heterocycles. The van der Waals surface area contributed by atoms with E-state index in [4.69, 9.17) is 0 Å². The van der Waals surface area contributed by atoms with Crippen LogP contribution in [-0.2, 0) is 16.6 Å². The summed E-state index contributed by atoms with van der Waals surface area (Å²) in [5, 5.41) is 13.2. The van der Waals surface area contributed by atoms with Gasteiger partial charge in [0.15, 0.2) is 5.82 Å². The van der Waals surface area contributed by atoms with Crippen LogP contribution in [0.25, 0.3) is 6.08 Å². The summed E-state index contributed by atoms with van der Waals surface area (Å²) >= 11 is 0. The SMILES string of the molecule is C[C@H](NC(=O)/C=C\c1ccccc1)C(=O)N[C@@H](C)c1nncn1C. The van der Waals surface area contributed by atoms with Gasteiger partial charge in [-0.1, -0.05) is 30.3 Å². The lowest BCUT2D eigenvalue weighted by molar-refractivity contribution is -0.127. The first kappa shape index (κ1) is 17.4. The Labute approximate surface area is 140 Å². The van der Waals surface area contributed by atoms with Crippen LogP contribution in [0.3, 0.4) is 0 Å². The van der Waals surface area contributed by atoms with Crippen molar-refractivity contribution in [2.75, 3.05) is 0 Å². The van der Waals surface area contributed by atoms with Gasteiger partial charge in [-0.25, -0.2) is 0 Å². The summed E-state index contributed by atoms with van der Waals surface area (Å²) < 4.78 is 1.73. The molecule has 0 unspecified atom stereocenters. The van der Waals surface area contributed by atoms with Crippen LogP contribution in [0.2, 0.25) is 0 Å². The molecule has 2 atom stereocenters. The lowest BCUT2D eigenvalue weighted by Crippen LogP contribution is -2.45. The van der Waals surface area contributed by atoms with Gasteiger partial charge >= 0.3 is 0 Å². The standard InChI is InChI=1S/C17H21N5O2/c1-12(16-21-18-11-22(16)3)20-17(24)13(2)19-15(23)10-9-14-7-5-4-6-8-14/h4-13H,1-3H3,(H,19,23)(H,20,24)/b10-9-/t12-,13-/m0/s1. The summed E-state index contributed by atoms with van der Waals surface area (Å²) in [5.74, 6) is 0.0330. The molecule has 2 amide bonds. The third-order valence-corrected chi connectivity index (χ3v) is 3.47. The molecule has 126 valence electrons. The molecule has 0 fully saturated rings. The monoisotopic (exact) mass is 327 g/mol. The second kappa shape index (κ2) is 8.05. The molecule has 1 aromatic heterocycles. The van der Waals surface area contributed by atoms with Gasteiger partial charge in [0.25, 0.3) is 0 Å². The number of benzene rings is 1. The highest BCUT2D eigenvalue weighted by atomic mass is 16.2. The Hall–Kier alpha value is -2.96. The average molecular weight is 327 g/mol. The number of rotatable bonds is 6. The van der Waals surface area contributed by atoms with Crippen molar-refractivity contribution in [2.24, 2.45) is 7.05 Å². The lowest BCUT2D eigenvalue weighted by Gasteiger charge is -2.17. The van der Waals surface area contributed by atoms with Crippen LogP contribution in [0.4, 0.5) is 0 Å². The summed E-state index contributed by atoms with van der Waals surface area (Å²) in [6, 6.07) is 8.51. The van der Waals surface area contributed by atoms with Crippen molar-refractivity contribution < 1.29 is 9.59 Å². The minimum Gasteiger partial charge on any atom is -0.345 e. The second-order valence-electron chi connectivity index (χ2n) is 5.50. The zero-order valence-corrected chi connectivity index (χ0v) is 13.9. The Morgan fingerprint density at radius 2 is 1.88 bits per heavy atom. The lowest BCUT2D eigenvalue weighted by atomic mass is 10.2. The highest BCUT2D eigenvalue weighted by Crippen LogP contribution is 2.07. The predicted molar refractivity (Wildman–Crippen MR) is 90.6 cm³/mol. The zero-order chi connectivity index (χ0) is 17.5. The van der Waals surface area contributed by atoms with Crippen molar-refractivity contribution in [3.05, 3.63) is 54.1 Å². The predicted octanol–water partition coefficient (Wildman–Crippen LogP) is 1.21. The number of hydrogen-bond acceptors (Lipinski definition) is 4. The highest BCUT2D eigenvalue weighted by Gasteiger charge is 2.19. The minimum atomic E-state index is -0.659. The van der Waals surface area contributed by atoms with E-state index in [2.05, 4.69) is 20.8 Å². The summed E-state index contributed by atoms with van der Waals surface area (Å²) in [5.41, 5.74) is 0.917. The molecular formula is C17H21N5O2. The van der Waals surface area contributed by atoms with Crippen molar-refractivity contribution in [3.8, 4) is 0 Å². The molecule has 2 aromatic rings. The highest BCUT2D eigenvalue weighted by molar-refractivity contribution is 5.95. The molecule has 1 aromatic carbocycles. The van der Waals surface area contributed by atoms with Gasteiger partial charge in [-0.15, -0.1) is 10.2 Å². The summed E-state index contributed by atoms with van der Waals surface area (Å²) in [6.45, 7) is 3.44. The molecule has 2 N–H and O–H groups in total. The number of nitrogens with zero attached hydrogens (tertiary/aromatic N) is 3. The van der Waals surface area contributed by atoms with E-state index in [1.54, 1.807) is 30.9 Å². The molecule has 24 heavy (non-hydrogen) atoms. The van der Waals surface area contributed by atoms with Crippen LogP contribution in [0.15, 0.2) is 42.7 Å². The smallest absolute Gasteiger partial charge is 0.244 e. The maximum atomic E-state index is 12.2. The Morgan fingerprint density at radius 1 is 1.17 bits per heavy atom. The number of carbonyl (C=O) groups is 2. The molecule has 2 rings (SSSR count). The van der Waals surface area contributed by atoms with E-state index < -0.39 is 6.04 Å². The average Bonchev–Trinajstić information content (AvgIpc) is 3.00. The molecule has 0 aliphatic heterocycles. The number of aromatic nitrogens is 3. The quantitative estimate of drug-likeness (QED) is 0.781. The number of amides is 2. The van der Waals surface area contributed by atoms with Crippen molar-refractivity contribution in [2.45, 2.75) is 25.9 Å². The van der Waals surface area contributed by atoms with Crippen LogP contribution in [-0.4, -0.2) is 32.6 Å². The molecule has 7 heteroatoms. The van der Waals surface area contributed by atoms with Crippen LogP contribution < -0.4 is 10.6 Å². The molecule has 0 bridgehead atoms. The first-order valence-electron chi connectivity index (χ1n) is 7.65. The molecular weight excluding hydrogens is 306 g/mol. The van der Waals surface area contributed by atoms with Gasteiger partial charge in [-0.3, -0.25) is 9.59 Å². The van der Waals surface area contributed by atoms with Crippen molar-refractivity contribution in [1.29, 1.82) is 0 Å². The minimum absolute atomic E-state index is 0.285. The van der Waals surface area contributed by atoms with E-state index in [9.17, 15) is 9.59 Å². The number of hydrogen-bond donors (Lipinski definition) is 2. The zero-order valence-electron chi connectivity index (χ0n) is 13.9. The van der Waals surface area contributed by atoms with Gasteiger partial charge in [0.1, 0.15) is 12.4 Å². The Balaban J connectivity index is 1.86. The Morgan fingerprint density at radius 3 is 2.50 bits per heavy atom. The van der Waals surface area contributed by atoms with Crippen molar-refractivity contribution >= 4 is 17.9 Å². The van der Waals surface area contributed by atoms with Gasteiger partial charge < -0.3 is 15.2 Å². The van der Waals surface area contributed by atoms with Gasteiger partial charge in [0, 0.05) is 13.1 Å². The largest absolute Gasteiger partial charge is 0.345 e. The van der Waals surface area contributed by atoms with Crippen LogP contribution in [0.1, 0.15) is 31.3 Å². The molecule has 1 heterocycles. The maximum Gasteiger partial charge on any atom is 0.244 e. The third kappa shape index (κ3) is 4.77. The van der Waals surface area contributed by atoms with Gasteiger partial charge in [-0.05, 0) is 25.5 Å². The fourth-order valence-corrected chi connectivity index (χ4v) is 2.15. The molecule has 0 aliphatic rings. The van der Waals surface area contributed by atoms with Crippen molar-refractivity contribution in [3.63, 3.8) is 0 Å². The van der Waals surface area contributed by atoms with Gasteiger partial charge in [0.05, 0.1) is 6.04 Å². The Bertz CT molecular complexity index is 724. The third-order valence-electron chi connectivity index (χ3n) is 3.47. The van der Waals surface area contributed by atoms with E-state index in [1.807, 2.05) is 37.3 Å². The maximum absolute atomic E-state index is 12.2. The summed E-state index contributed by atoms with van der Waals surface area (Å²) in [7, 11) is 1.80. The second-order valence-corrected chi connectivity index (χ2v) is 5.50. The number of aryl methyl sites for hydroxylation is 1. The van der Waals surface area contributed by atoms with Gasteiger partial charge in [0.2, 0.25) is 11.8 Å². The topological polar surface area (TPSA) is 88.9 Å². The fraction of sp³-hybridized carbons (Fsp3) is 0.294. The van der Waals surface area contributed by atoms with E-state index >= 15 is 0 Å². The summed E-state index contributed by atoms with van der Waals surface area (Å²) in [6.07, 6.45) is 4.67. The van der Waals surface area contributed by atoms with E-state index in [0.717, 1.165) is 5.56 Å². The first-order chi connectivity index (χ1) is 11.5.